The van der Waals surface area contributed by atoms with Crippen molar-refractivity contribution < 1.29 is 28.6 Å². The lowest BCUT2D eigenvalue weighted by atomic mass is 10.1. The third kappa shape index (κ3) is 63.9. The molecule has 0 aliphatic rings. The van der Waals surface area contributed by atoms with Gasteiger partial charge < -0.3 is 14.2 Å². The zero-order valence-electron chi connectivity index (χ0n) is 52.2. The van der Waals surface area contributed by atoms with Gasteiger partial charge in [-0.15, -0.1) is 0 Å². The minimum Gasteiger partial charge on any atom is -0.462 e. The quantitative estimate of drug-likeness (QED) is 0.0261. The minimum atomic E-state index is -0.782. The SMILES string of the molecule is CCCCCCC/C=C\C/C=C\C/C=C\CCCCCCCCCCC(=O)OCC(COC(=O)CCCCCCCCC/C=C\CCCCCCCCC)OC(=O)CCCCCCCCCCC/C=C\CCCCCCCC. The van der Waals surface area contributed by atoms with E-state index in [0.717, 1.165) is 77.0 Å². The van der Waals surface area contributed by atoms with E-state index in [-0.39, 0.29) is 31.1 Å². The summed E-state index contributed by atoms with van der Waals surface area (Å²) in [5.41, 5.74) is 0. The maximum atomic E-state index is 12.9. The Hall–Kier alpha value is -2.89. The summed E-state index contributed by atoms with van der Waals surface area (Å²) in [5, 5.41) is 0. The van der Waals surface area contributed by atoms with Gasteiger partial charge in [-0.2, -0.15) is 0 Å². The minimum absolute atomic E-state index is 0.0775. The molecule has 0 aromatic rings. The first-order chi connectivity index (χ1) is 38.5. The van der Waals surface area contributed by atoms with E-state index in [1.165, 1.54) is 244 Å². The second kappa shape index (κ2) is 66.6. The largest absolute Gasteiger partial charge is 0.462 e. The van der Waals surface area contributed by atoms with E-state index in [4.69, 9.17) is 14.2 Å². The van der Waals surface area contributed by atoms with Crippen molar-refractivity contribution in [3.05, 3.63) is 60.8 Å². The first-order valence-corrected chi connectivity index (χ1v) is 34.3. The molecule has 0 saturated carbocycles. The summed E-state index contributed by atoms with van der Waals surface area (Å²) < 4.78 is 17.0. The Morgan fingerprint density at radius 2 is 0.462 bits per heavy atom. The molecule has 0 aliphatic carbocycles. The van der Waals surface area contributed by atoms with Crippen molar-refractivity contribution in [2.45, 2.75) is 367 Å². The van der Waals surface area contributed by atoms with Crippen molar-refractivity contribution >= 4 is 17.9 Å². The fourth-order valence-electron chi connectivity index (χ4n) is 10.0. The normalized spacial score (nSPS) is 12.4. The van der Waals surface area contributed by atoms with Crippen LogP contribution in [-0.2, 0) is 28.6 Å². The number of hydrogen-bond acceptors (Lipinski definition) is 6. The van der Waals surface area contributed by atoms with E-state index in [1.807, 2.05) is 0 Å². The van der Waals surface area contributed by atoms with Gasteiger partial charge in [-0.3, -0.25) is 14.4 Å². The first-order valence-electron chi connectivity index (χ1n) is 34.3. The van der Waals surface area contributed by atoms with Gasteiger partial charge in [0.25, 0.3) is 0 Å². The average molecular weight is 1090 g/mol. The predicted molar refractivity (Wildman–Crippen MR) is 339 cm³/mol. The summed E-state index contributed by atoms with van der Waals surface area (Å²) in [6.07, 6.45) is 85.1. The first kappa shape index (κ1) is 75.1. The van der Waals surface area contributed by atoms with Gasteiger partial charge in [0.1, 0.15) is 13.2 Å². The van der Waals surface area contributed by atoms with Crippen molar-refractivity contribution in [3.8, 4) is 0 Å². The highest BCUT2D eigenvalue weighted by molar-refractivity contribution is 5.71. The number of carbonyl (C=O) groups excluding carboxylic acids is 3. The van der Waals surface area contributed by atoms with Crippen molar-refractivity contribution in [3.63, 3.8) is 0 Å². The molecule has 6 nitrogen and oxygen atoms in total. The van der Waals surface area contributed by atoms with Crippen LogP contribution in [0, 0.1) is 0 Å². The molecule has 0 fully saturated rings. The summed E-state index contributed by atoms with van der Waals surface area (Å²) in [6, 6.07) is 0. The molecule has 0 amide bonds. The molecule has 0 aromatic heterocycles. The molecule has 1 unspecified atom stereocenters. The maximum absolute atomic E-state index is 12.9. The monoisotopic (exact) mass is 1090 g/mol. The Kier molecular flexibility index (Phi) is 64.2. The summed E-state index contributed by atoms with van der Waals surface area (Å²) in [4.78, 5) is 38.4. The Morgan fingerprint density at radius 3 is 0.731 bits per heavy atom. The van der Waals surface area contributed by atoms with E-state index in [2.05, 4.69) is 81.5 Å². The maximum Gasteiger partial charge on any atom is 0.306 e. The van der Waals surface area contributed by atoms with Crippen LogP contribution in [0.1, 0.15) is 361 Å². The highest BCUT2D eigenvalue weighted by Gasteiger charge is 2.19. The van der Waals surface area contributed by atoms with E-state index < -0.39 is 6.10 Å². The third-order valence-corrected chi connectivity index (χ3v) is 15.2. The Bertz CT molecular complexity index is 1390. The molecule has 1 atom stereocenters. The molecule has 0 aromatic carbocycles. The lowest BCUT2D eigenvalue weighted by molar-refractivity contribution is -0.167. The van der Waals surface area contributed by atoms with Crippen molar-refractivity contribution in [1.29, 1.82) is 0 Å². The average Bonchev–Trinajstić information content (AvgIpc) is 3.44. The van der Waals surface area contributed by atoms with Gasteiger partial charge in [0.15, 0.2) is 6.10 Å². The van der Waals surface area contributed by atoms with E-state index in [1.54, 1.807) is 0 Å². The highest BCUT2D eigenvalue weighted by atomic mass is 16.6. The summed E-state index contributed by atoms with van der Waals surface area (Å²) in [5.74, 6) is -0.870. The van der Waals surface area contributed by atoms with Crippen LogP contribution in [-0.4, -0.2) is 37.2 Å². The standard InChI is InChI=1S/C72H130O6/c1-4-7-10-13-16-19-22-25-28-31-34-35-36-37-39-41-44-47-50-53-56-59-62-65-71(74)77-68-69(67-76-70(73)64-61-58-55-52-49-46-43-40-33-30-27-24-21-18-15-12-9-6-3)78-72(75)66-63-60-57-54-51-48-45-42-38-32-29-26-23-20-17-14-11-8-5-2/h22,25-26,29-31,33-34,36-37,69H,4-21,23-24,27-28,32,35,38-68H2,1-3H3/b25-22-,29-26-,33-30-,34-31-,37-36-. The zero-order chi connectivity index (χ0) is 56.4. The molecule has 0 heterocycles. The van der Waals surface area contributed by atoms with E-state index in [9.17, 15) is 14.4 Å². The Balaban J connectivity index is 4.37. The summed E-state index contributed by atoms with van der Waals surface area (Å²) in [7, 11) is 0. The Morgan fingerprint density at radius 1 is 0.256 bits per heavy atom. The number of esters is 3. The van der Waals surface area contributed by atoms with Crippen LogP contribution in [0.3, 0.4) is 0 Å². The van der Waals surface area contributed by atoms with E-state index in [0.29, 0.717) is 19.3 Å². The number of ether oxygens (including phenoxy) is 3. The van der Waals surface area contributed by atoms with Crippen molar-refractivity contribution in [2.24, 2.45) is 0 Å². The second-order valence-corrected chi connectivity index (χ2v) is 23.1. The molecule has 0 spiro atoms. The Labute approximate surface area is 485 Å². The molecule has 0 aliphatic heterocycles. The lowest BCUT2D eigenvalue weighted by Crippen LogP contribution is -2.30. The van der Waals surface area contributed by atoms with Crippen LogP contribution in [0.5, 0.6) is 0 Å². The van der Waals surface area contributed by atoms with Gasteiger partial charge in [0.2, 0.25) is 0 Å². The lowest BCUT2D eigenvalue weighted by Gasteiger charge is -2.18. The molecule has 0 rings (SSSR count). The predicted octanol–water partition coefficient (Wildman–Crippen LogP) is 23.5. The molecule has 0 bridgehead atoms. The van der Waals surface area contributed by atoms with Gasteiger partial charge in [-0.25, -0.2) is 0 Å². The molecule has 6 heteroatoms. The highest BCUT2D eigenvalue weighted by Crippen LogP contribution is 2.17. The third-order valence-electron chi connectivity index (χ3n) is 15.2. The number of allylic oxidation sites excluding steroid dienone is 10. The molecule has 0 radical (unpaired) electrons. The van der Waals surface area contributed by atoms with Crippen LogP contribution in [0.25, 0.3) is 0 Å². The van der Waals surface area contributed by atoms with Crippen LogP contribution in [0.2, 0.25) is 0 Å². The summed E-state index contributed by atoms with van der Waals surface area (Å²) in [6.45, 7) is 6.67. The van der Waals surface area contributed by atoms with Gasteiger partial charge in [-0.05, 0) is 109 Å². The van der Waals surface area contributed by atoms with Gasteiger partial charge in [0, 0.05) is 19.3 Å². The number of unbranched alkanes of at least 4 members (excludes halogenated alkanes) is 42. The topological polar surface area (TPSA) is 78.9 Å². The molecule has 78 heavy (non-hydrogen) atoms. The van der Waals surface area contributed by atoms with Crippen molar-refractivity contribution in [2.75, 3.05) is 13.2 Å². The fraction of sp³-hybridized carbons (Fsp3) is 0.819. The van der Waals surface area contributed by atoms with Crippen LogP contribution >= 0.6 is 0 Å². The second-order valence-electron chi connectivity index (χ2n) is 23.1. The van der Waals surface area contributed by atoms with Gasteiger partial charge in [-0.1, -0.05) is 293 Å². The molecule has 0 saturated heterocycles. The summed E-state index contributed by atoms with van der Waals surface area (Å²) >= 11 is 0. The number of rotatable bonds is 63. The van der Waals surface area contributed by atoms with Crippen LogP contribution in [0.15, 0.2) is 60.8 Å². The van der Waals surface area contributed by atoms with Gasteiger partial charge in [0.05, 0.1) is 0 Å². The van der Waals surface area contributed by atoms with Crippen LogP contribution in [0.4, 0.5) is 0 Å². The van der Waals surface area contributed by atoms with Crippen molar-refractivity contribution in [1.82, 2.24) is 0 Å². The molecule has 454 valence electrons. The van der Waals surface area contributed by atoms with Crippen LogP contribution < -0.4 is 0 Å². The molecular weight excluding hydrogens is 961 g/mol. The van der Waals surface area contributed by atoms with Gasteiger partial charge >= 0.3 is 17.9 Å². The fourth-order valence-corrected chi connectivity index (χ4v) is 10.0. The molecule has 0 N–H and O–H groups in total. The smallest absolute Gasteiger partial charge is 0.306 e. The number of carbonyl (C=O) groups is 3. The zero-order valence-corrected chi connectivity index (χ0v) is 52.2. The molecular formula is C72H130O6. The van der Waals surface area contributed by atoms with E-state index >= 15 is 0 Å². The number of hydrogen-bond donors (Lipinski definition) is 0.